The average molecular weight is 359 g/mol. The molecule has 1 aromatic heterocycles. The van der Waals surface area contributed by atoms with Crippen LogP contribution in [0.4, 0.5) is 5.95 Å². The molecule has 1 N–H and O–H groups in total. The van der Waals surface area contributed by atoms with E-state index in [0.29, 0.717) is 6.04 Å². The van der Waals surface area contributed by atoms with Gasteiger partial charge in [0.15, 0.2) is 0 Å². The normalized spacial score (nSPS) is 10.9. The van der Waals surface area contributed by atoms with Crippen molar-refractivity contribution < 1.29 is 0 Å². The highest BCUT2D eigenvalue weighted by molar-refractivity contribution is 9.11. The number of hydrogen-bond donors (Lipinski definition) is 1. The molecule has 17 heavy (non-hydrogen) atoms. The molecule has 3 nitrogen and oxygen atoms in total. The number of aromatic nitrogens is 2. The summed E-state index contributed by atoms with van der Waals surface area (Å²) >= 11 is 7.01. The predicted molar refractivity (Wildman–Crippen MR) is 77.7 cm³/mol. The zero-order valence-corrected chi connectivity index (χ0v) is 12.8. The van der Waals surface area contributed by atoms with Crippen molar-refractivity contribution in [1.82, 2.24) is 9.55 Å². The third kappa shape index (κ3) is 2.90. The van der Waals surface area contributed by atoms with Gasteiger partial charge in [-0.15, -0.1) is 0 Å². The lowest BCUT2D eigenvalue weighted by Crippen LogP contribution is -2.14. The topological polar surface area (TPSA) is 29.9 Å². The van der Waals surface area contributed by atoms with E-state index in [1.807, 2.05) is 29.0 Å². The van der Waals surface area contributed by atoms with Crippen LogP contribution in [-0.2, 0) is 0 Å². The first kappa shape index (κ1) is 12.6. The van der Waals surface area contributed by atoms with Gasteiger partial charge in [-0.05, 0) is 48.0 Å². The molecule has 0 aliphatic carbocycles. The number of nitrogens with one attached hydrogen (secondary N) is 1. The minimum Gasteiger partial charge on any atom is -0.353 e. The van der Waals surface area contributed by atoms with Gasteiger partial charge < -0.3 is 5.32 Å². The van der Waals surface area contributed by atoms with E-state index in [1.54, 1.807) is 6.20 Å². The van der Waals surface area contributed by atoms with Gasteiger partial charge >= 0.3 is 0 Å². The second kappa shape index (κ2) is 5.23. The summed E-state index contributed by atoms with van der Waals surface area (Å²) in [5.41, 5.74) is 1.06. The highest BCUT2D eigenvalue weighted by atomic mass is 79.9. The van der Waals surface area contributed by atoms with Crippen LogP contribution >= 0.6 is 31.9 Å². The first-order valence-corrected chi connectivity index (χ1v) is 6.92. The van der Waals surface area contributed by atoms with Crippen molar-refractivity contribution >= 4 is 37.8 Å². The molecule has 0 unspecified atom stereocenters. The number of nitrogens with zero attached hydrogens (tertiary/aromatic N) is 2. The monoisotopic (exact) mass is 357 g/mol. The zero-order valence-electron chi connectivity index (χ0n) is 9.61. The number of halogens is 2. The zero-order chi connectivity index (χ0) is 12.4. The molecule has 2 aromatic rings. The van der Waals surface area contributed by atoms with Gasteiger partial charge in [-0.25, -0.2) is 4.98 Å². The Bertz CT molecular complexity index is 520. The number of hydrogen-bond acceptors (Lipinski definition) is 2. The van der Waals surface area contributed by atoms with E-state index in [1.165, 1.54) is 0 Å². The van der Waals surface area contributed by atoms with Gasteiger partial charge in [0.2, 0.25) is 5.95 Å². The van der Waals surface area contributed by atoms with E-state index < -0.39 is 0 Å². The maximum absolute atomic E-state index is 4.32. The van der Waals surface area contributed by atoms with Crippen molar-refractivity contribution in [3.63, 3.8) is 0 Å². The summed E-state index contributed by atoms with van der Waals surface area (Å²) in [6.45, 7) is 4.19. The van der Waals surface area contributed by atoms with E-state index in [9.17, 15) is 0 Å². The van der Waals surface area contributed by atoms with Crippen molar-refractivity contribution in [2.45, 2.75) is 19.9 Å². The Kier molecular flexibility index (Phi) is 3.89. The van der Waals surface area contributed by atoms with Crippen LogP contribution in [0.3, 0.4) is 0 Å². The second-order valence-electron chi connectivity index (χ2n) is 4.02. The maximum atomic E-state index is 4.32. The number of anilines is 1. The summed E-state index contributed by atoms with van der Waals surface area (Å²) in [6, 6.07) is 6.43. The summed E-state index contributed by atoms with van der Waals surface area (Å²) in [7, 11) is 0. The highest BCUT2D eigenvalue weighted by Crippen LogP contribution is 2.27. The van der Waals surface area contributed by atoms with Crippen LogP contribution in [0, 0.1) is 0 Å². The molecule has 0 saturated heterocycles. The Morgan fingerprint density at radius 3 is 2.71 bits per heavy atom. The standard InChI is InChI=1S/C12H13Br2N3/c1-8(2)16-12-15-5-6-17(12)11-4-3-9(13)7-10(11)14/h3-8H,1-2H3,(H,15,16). The molecule has 0 fully saturated rings. The lowest BCUT2D eigenvalue weighted by atomic mass is 10.3. The van der Waals surface area contributed by atoms with E-state index >= 15 is 0 Å². The molecule has 0 bridgehead atoms. The van der Waals surface area contributed by atoms with Crippen LogP contribution in [0.15, 0.2) is 39.5 Å². The van der Waals surface area contributed by atoms with E-state index in [-0.39, 0.29) is 0 Å². The molecule has 0 amide bonds. The van der Waals surface area contributed by atoms with Crippen molar-refractivity contribution in [2.75, 3.05) is 5.32 Å². The van der Waals surface area contributed by atoms with Crippen LogP contribution in [0.1, 0.15) is 13.8 Å². The summed E-state index contributed by atoms with van der Waals surface area (Å²) in [5.74, 6) is 0.850. The molecule has 2 rings (SSSR count). The highest BCUT2D eigenvalue weighted by Gasteiger charge is 2.08. The molecule has 0 aliphatic rings. The largest absolute Gasteiger partial charge is 0.353 e. The Balaban J connectivity index is 2.42. The first-order valence-electron chi connectivity index (χ1n) is 5.33. The summed E-state index contributed by atoms with van der Waals surface area (Å²) in [5, 5.41) is 3.31. The Hall–Kier alpha value is -0.810. The molecule has 0 atom stereocenters. The summed E-state index contributed by atoms with van der Waals surface area (Å²) < 4.78 is 4.10. The summed E-state index contributed by atoms with van der Waals surface area (Å²) in [6.07, 6.45) is 3.73. The minimum absolute atomic E-state index is 0.352. The van der Waals surface area contributed by atoms with Gasteiger partial charge in [0, 0.05) is 27.4 Å². The van der Waals surface area contributed by atoms with Crippen LogP contribution in [0.25, 0.3) is 5.69 Å². The molecule has 0 aliphatic heterocycles. The Morgan fingerprint density at radius 2 is 2.06 bits per heavy atom. The Morgan fingerprint density at radius 1 is 1.29 bits per heavy atom. The predicted octanol–water partition coefficient (Wildman–Crippen LogP) is 4.22. The third-order valence-corrected chi connectivity index (χ3v) is 3.36. The SMILES string of the molecule is CC(C)Nc1nccn1-c1ccc(Br)cc1Br. The summed E-state index contributed by atoms with van der Waals surface area (Å²) in [4.78, 5) is 4.32. The van der Waals surface area contributed by atoms with E-state index in [0.717, 1.165) is 20.6 Å². The molecule has 90 valence electrons. The minimum atomic E-state index is 0.352. The average Bonchev–Trinajstić information content (AvgIpc) is 2.65. The van der Waals surface area contributed by atoms with Crippen LogP contribution < -0.4 is 5.32 Å². The molecule has 5 heteroatoms. The fraction of sp³-hybridized carbons (Fsp3) is 0.250. The van der Waals surface area contributed by atoms with E-state index in [4.69, 9.17) is 0 Å². The van der Waals surface area contributed by atoms with Gasteiger partial charge in [0.05, 0.1) is 5.69 Å². The van der Waals surface area contributed by atoms with Gasteiger partial charge in [-0.3, -0.25) is 4.57 Å². The Labute approximate surface area is 118 Å². The number of imidazole rings is 1. The molecule has 0 spiro atoms. The van der Waals surface area contributed by atoms with Gasteiger partial charge in [0.1, 0.15) is 0 Å². The van der Waals surface area contributed by atoms with Crippen molar-refractivity contribution in [3.05, 3.63) is 39.5 Å². The lowest BCUT2D eigenvalue weighted by Gasteiger charge is -2.13. The van der Waals surface area contributed by atoms with Crippen LogP contribution in [0.2, 0.25) is 0 Å². The van der Waals surface area contributed by atoms with Gasteiger partial charge in [-0.1, -0.05) is 15.9 Å². The molecule has 1 aromatic carbocycles. The quantitative estimate of drug-likeness (QED) is 0.890. The number of benzene rings is 1. The van der Waals surface area contributed by atoms with Gasteiger partial charge in [0.25, 0.3) is 0 Å². The van der Waals surface area contributed by atoms with E-state index in [2.05, 4.69) is 56.0 Å². The van der Waals surface area contributed by atoms with Crippen LogP contribution in [0.5, 0.6) is 0 Å². The molecular weight excluding hydrogens is 346 g/mol. The lowest BCUT2D eigenvalue weighted by molar-refractivity contribution is 0.863. The van der Waals surface area contributed by atoms with Gasteiger partial charge in [-0.2, -0.15) is 0 Å². The number of rotatable bonds is 3. The smallest absolute Gasteiger partial charge is 0.207 e. The first-order chi connectivity index (χ1) is 8.08. The molecule has 0 radical (unpaired) electrons. The maximum Gasteiger partial charge on any atom is 0.207 e. The van der Waals surface area contributed by atoms with Crippen molar-refractivity contribution in [2.24, 2.45) is 0 Å². The fourth-order valence-electron chi connectivity index (χ4n) is 1.54. The molecule has 0 saturated carbocycles. The van der Waals surface area contributed by atoms with Crippen molar-refractivity contribution in [1.29, 1.82) is 0 Å². The molecule has 1 heterocycles. The third-order valence-electron chi connectivity index (χ3n) is 2.23. The van der Waals surface area contributed by atoms with Crippen molar-refractivity contribution in [3.8, 4) is 5.69 Å². The molecular formula is C12H13Br2N3. The second-order valence-corrected chi connectivity index (χ2v) is 5.79. The fourth-order valence-corrected chi connectivity index (χ4v) is 2.78. The van der Waals surface area contributed by atoms with Crippen LogP contribution in [-0.4, -0.2) is 15.6 Å².